The highest BCUT2D eigenvalue weighted by atomic mass is 19.1. The maximum atomic E-state index is 15.0. The topological polar surface area (TPSA) is 110 Å². The van der Waals surface area contributed by atoms with E-state index in [2.05, 4.69) is 20.1 Å². The van der Waals surface area contributed by atoms with Crippen LogP contribution in [-0.2, 0) is 6.42 Å². The molecule has 0 bridgehead atoms. The third kappa shape index (κ3) is 3.90. The van der Waals surface area contributed by atoms with Crippen molar-refractivity contribution in [2.45, 2.75) is 32.2 Å². The van der Waals surface area contributed by atoms with Gasteiger partial charge in [-0.25, -0.2) is 23.5 Å². The maximum Gasteiger partial charge on any atom is 0.335 e. The average molecular weight is 454 g/mol. The Hall–Kier alpha value is -3.89. The summed E-state index contributed by atoms with van der Waals surface area (Å²) in [5, 5.41) is 13.2. The summed E-state index contributed by atoms with van der Waals surface area (Å²) in [5.74, 6) is -1.31. The number of fused-ring (bicyclic) bond motifs is 1. The fourth-order valence-electron chi connectivity index (χ4n) is 4.28. The van der Waals surface area contributed by atoms with Crippen LogP contribution in [0.4, 0.5) is 14.7 Å². The molecular formula is C22H20F2N6O3. The first-order valence-corrected chi connectivity index (χ1v) is 10.5. The second kappa shape index (κ2) is 8.23. The monoisotopic (exact) mass is 454 g/mol. The summed E-state index contributed by atoms with van der Waals surface area (Å²) in [6.07, 6.45) is 4.25. The summed E-state index contributed by atoms with van der Waals surface area (Å²) in [5.41, 5.74) is 0.881. The predicted molar refractivity (Wildman–Crippen MR) is 113 cm³/mol. The van der Waals surface area contributed by atoms with Crippen molar-refractivity contribution in [3.8, 4) is 0 Å². The predicted octanol–water partition coefficient (Wildman–Crippen LogP) is 3.53. The highest BCUT2D eigenvalue weighted by Gasteiger charge is 2.26. The van der Waals surface area contributed by atoms with Crippen LogP contribution in [0.15, 0.2) is 35.2 Å². The molecule has 0 unspecified atom stereocenters. The Morgan fingerprint density at radius 2 is 2.00 bits per heavy atom. The fourth-order valence-corrected chi connectivity index (χ4v) is 4.28. The molecule has 0 atom stereocenters. The number of halogens is 2. The van der Waals surface area contributed by atoms with Crippen molar-refractivity contribution < 1.29 is 23.2 Å². The van der Waals surface area contributed by atoms with E-state index < -0.39 is 17.6 Å². The van der Waals surface area contributed by atoms with Gasteiger partial charge in [0.2, 0.25) is 5.89 Å². The normalized spacial score (nSPS) is 14.8. The molecule has 3 aromatic heterocycles. The van der Waals surface area contributed by atoms with E-state index in [9.17, 15) is 9.18 Å². The highest BCUT2D eigenvalue weighted by Crippen LogP contribution is 2.31. The molecule has 1 saturated heterocycles. The zero-order valence-corrected chi connectivity index (χ0v) is 17.7. The number of benzene rings is 1. The summed E-state index contributed by atoms with van der Waals surface area (Å²) in [4.78, 5) is 25.8. The largest absolute Gasteiger partial charge is 0.478 e. The fraction of sp³-hybridized carbons (Fsp3) is 0.318. The van der Waals surface area contributed by atoms with E-state index in [0.717, 1.165) is 18.9 Å². The molecule has 1 aliphatic rings. The lowest BCUT2D eigenvalue weighted by molar-refractivity contribution is 0.0696. The lowest BCUT2D eigenvalue weighted by atomic mass is 10.0. The minimum absolute atomic E-state index is 0.0152. The number of carbonyl (C=O) groups is 1. The van der Waals surface area contributed by atoms with Crippen LogP contribution in [0.1, 0.15) is 46.4 Å². The smallest absolute Gasteiger partial charge is 0.335 e. The molecule has 4 aromatic rings. The van der Waals surface area contributed by atoms with E-state index in [4.69, 9.17) is 9.63 Å². The Balaban J connectivity index is 1.40. The standard InChI is InChI=1S/C22H20F2N6O3/c1-12-27-22(28-33-12)29-6-4-15(5-7-29)30-10-17(24)19-18(25-11-26-20(19)30)9-13-2-3-14(21(31)32)8-16(13)23/h2-3,8,10-11,15H,4-7,9H2,1H3,(H,31,32). The first-order chi connectivity index (χ1) is 15.9. The van der Waals surface area contributed by atoms with Gasteiger partial charge >= 0.3 is 5.97 Å². The van der Waals surface area contributed by atoms with Gasteiger partial charge in [0.05, 0.1) is 16.6 Å². The molecule has 0 aliphatic carbocycles. The highest BCUT2D eigenvalue weighted by molar-refractivity contribution is 5.87. The lowest BCUT2D eigenvalue weighted by Gasteiger charge is -2.31. The Labute approximate surface area is 186 Å². The Kier molecular flexibility index (Phi) is 5.23. The van der Waals surface area contributed by atoms with Crippen molar-refractivity contribution in [2.75, 3.05) is 18.0 Å². The van der Waals surface area contributed by atoms with Crippen LogP contribution >= 0.6 is 0 Å². The summed E-state index contributed by atoms with van der Waals surface area (Å²) in [6.45, 7) is 3.11. The third-order valence-corrected chi connectivity index (χ3v) is 5.96. The van der Waals surface area contributed by atoms with Gasteiger partial charge in [0, 0.05) is 38.7 Å². The van der Waals surface area contributed by atoms with Crippen molar-refractivity contribution in [3.05, 3.63) is 65.1 Å². The van der Waals surface area contributed by atoms with Crippen LogP contribution in [0, 0.1) is 18.6 Å². The van der Waals surface area contributed by atoms with E-state index in [1.165, 1.54) is 24.7 Å². The molecular weight excluding hydrogens is 434 g/mol. The van der Waals surface area contributed by atoms with Crippen molar-refractivity contribution in [1.82, 2.24) is 24.7 Å². The number of hydrogen-bond acceptors (Lipinski definition) is 7. The first kappa shape index (κ1) is 21.0. The number of carboxylic acids is 1. The Bertz CT molecular complexity index is 1340. The van der Waals surface area contributed by atoms with Crippen LogP contribution in [0.3, 0.4) is 0 Å². The first-order valence-electron chi connectivity index (χ1n) is 10.5. The van der Waals surface area contributed by atoms with Crippen molar-refractivity contribution >= 4 is 23.0 Å². The van der Waals surface area contributed by atoms with Gasteiger partial charge < -0.3 is 19.1 Å². The molecule has 9 nitrogen and oxygen atoms in total. The Morgan fingerprint density at radius 3 is 2.67 bits per heavy atom. The number of piperidine rings is 1. The number of carboxylic acid groups (broad SMARTS) is 1. The quantitative estimate of drug-likeness (QED) is 0.488. The van der Waals surface area contributed by atoms with E-state index in [0.29, 0.717) is 36.3 Å². The van der Waals surface area contributed by atoms with Gasteiger partial charge in [-0.2, -0.15) is 4.98 Å². The molecule has 0 amide bonds. The average Bonchev–Trinajstić information content (AvgIpc) is 3.39. The van der Waals surface area contributed by atoms with Crippen molar-refractivity contribution in [3.63, 3.8) is 0 Å². The minimum atomic E-state index is -1.21. The summed E-state index contributed by atoms with van der Waals surface area (Å²) < 4.78 is 36.3. The van der Waals surface area contributed by atoms with Crippen molar-refractivity contribution in [1.29, 1.82) is 0 Å². The van der Waals surface area contributed by atoms with E-state index >= 15 is 4.39 Å². The molecule has 0 saturated carbocycles. The third-order valence-electron chi connectivity index (χ3n) is 5.96. The van der Waals surface area contributed by atoms with Gasteiger partial charge in [-0.3, -0.25) is 0 Å². The van der Waals surface area contributed by atoms with Gasteiger partial charge in [-0.1, -0.05) is 6.07 Å². The van der Waals surface area contributed by atoms with Gasteiger partial charge in [-0.15, -0.1) is 0 Å². The lowest BCUT2D eigenvalue weighted by Crippen LogP contribution is -2.35. The van der Waals surface area contributed by atoms with E-state index in [-0.39, 0.29) is 29.0 Å². The molecule has 0 radical (unpaired) electrons. The number of anilines is 1. The van der Waals surface area contributed by atoms with Crippen LogP contribution in [0.5, 0.6) is 0 Å². The Morgan fingerprint density at radius 1 is 1.21 bits per heavy atom. The van der Waals surface area contributed by atoms with Crippen molar-refractivity contribution in [2.24, 2.45) is 0 Å². The SMILES string of the molecule is Cc1nc(N2CCC(n3cc(F)c4c(Cc5ccc(C(=O)O)cc5F)ncnc43)CC2)no1. The molecule has 0 spiro atoms. The van der Waals surface area contributed by atoms with Crippen LogP contribution in [0.25, 0.3) is 11.0 Å². The van der Waals surface area contributed by atoms with Gasteiger partial charge in [0.25, 0.3) is 5.95 Å². The molecule has 1 N–H and O–H groups in total. The summed E-state index contributed by atoms with van der Waals surface area (Å²) in [7, 11) is 0. The number of aromatic nitrogens is 5. The van der Waals surface area contributed by atoms with Gasteiger partial charge in [0.1, 0.15) is 17.8 Å². The zero-order valence-electron chi connectivity index (χ0n) is 17.7. The second-order valence-corrected chi connectivity index (χ2v) is 8.02. The molecule has 33 heavy (non-hydrogen) atoms. The molecule has 1 aliphatic heterocycles. The number of nitrogens with zero attached hydrogens (tertiary/aromatic N) is 6. The molecule has 4 heterocycles. The van der Waals surface area contributed by atoms with Gasteiger partial charge in [0.15, 0.2) is 5.82 Å². The number of aromatic carboxylic acids is 1. The molecule has 5 rings (SSSR count). The molecule has 1 fully saturated rings. The second-order valence-electron chi connectivity index (χ2n) is 8.02. The molecule has 11 heteroatoms. The maximum absolute atomic E-state index is 15.0. The summed E-state index contributed by atoms with van der Waals surface area (Å²) in [6, 6.07) is 3.68. The zero-order chi connectivity index (χ0) is 23.1. The van der Waals surface area contributed by atoms with Gasteiger partial charge in [-0.05, 0) is 35.7 Å². The van der Waals surface area contributed by atoms with Crippen LogP contribution in [-0.4, -0.2) is 48.8 Å². The minimum Gasteiger partial charge on any atom is -0.478 e. The molecule has 170 valence electrons. The number of rotatable bonds is 5. The molecule has 1 aromatic carbocycles. The summed E-state index contributed by atoms with van der Waals surface area (Å²) >= 11 is 0. The van der Waals surface area contributed by atoms with Crippen LogP contribution in [0.2, 0.25) is 0 Å². The van der Waals surface area contributed by atoms with E-state index in [1.807, 2.05) is 9.47 Å². The number of aryl methyl sites for hydroxylation is 1. The van der Waals surface area contributed by atoms with E-state index in [1.54, 1.807) is 6.92 Å². The number of hydrogen-bond donors (Lipinski definition) is 1. The van der Waals surface area contributed by atoms with Crippen LogP contribution < -0.4 is 4.90 Å².